The van der Waals surface area contributed by atoms with Crippen LogP contribution < -0.4 is 4.90 Å². The van der Waals surface area contributed by atoms with Crippen LogP contribution in [0.1, 0.15) is 52.0 Å². The maximum Gasteiger partial charge on any atom is 0.302 e. The average Bonchev–Trinajstić information content (AvgIpc) is 2.48. The monoisotopic (exact) mass is 291 g/mol. The van der Waals surface area contributed by atoms with Gasteiger partial charge in [-0.25, -0.2) is 0 Å². The second-order valence-electron chi connectivity index (χ2n) is 5.45. The zero-order chi connectivity index (χ0) is 15.5. The number of benzene rings is 1. The maximum atomic E-state index is 10.7. The highest BCUT2D eigenvalue weighted by Crippen LogP contribution is 2.17. The molecule has 0 saturated heterocycles. The van der Waals surface area contributed by atoms with Gasteiger partial charge in [-0.05, 0) is 30.5 Å². The number of carbonyl (C=O) groups excluding carboxylic acids is 1. The summed E-state index contributed by atoms with van der Waals surface area (Å²) in [6.07, 6.45) is 5.70. The van der Waals surface area contributed by atoms with Gasteiger partial charge in [0, 0.05) is 32.1 Å². The third-order valence-electron chi connectivity index (χ3n) is 3.56. The van der Waals surface area contributed by atoms with Crippen molar-refractivity contribution >= 4 is 11.7 Å². The number of nitrogens with zero attached hydrogens (tertiary/aromatic N) is 1. The molecule has 3 nitrogen and oxygen atoms in total. The van der Waals surface area contributed by atoms with Crippen molar-refractivity contribution < 1.29 is 9.53 Å². The Kier molecular flexibility index (Phi) is 8.56. The summed E-state index contributed by atoms with van der Waals surface area (Å²) in [4.78, 5) is 13.2. The summed E-state index contributed by atoms with van der Waals surface area (Å²) in [6.45, 7) is 8.63. The zero-order valence-electron chi connectivity index (χ0n) is 13.7. The average molecular weight is 291 g/mol. The SMILES string of the molecule is CCCCN(CCCC)c1ccc(CCOC(C)=O)cc1. The molecule has 0 spiro atoms. The number of unbranched alkanes of at least 4 members (excludes halogenated alkanes) is 2. The normalized spacial score (nSPS) is 10.4. The number of carbonyl (C=O) groups is 1. The first-order valence-electron chi connectivity index (χ1n) is 8.14. The van der Waals surface area contributed by atoms with Crippen molar-refractivity contribution in [2.45, 2.75) is 52.9 Å². The lowest BCUT2D eigenvalue weighted by molar-refractivity contribution is -0.140. The van der Waals surface area contributed by atoms with Crippen molar-refractivity contribution in [3.63, 3.8) is 0 Å². The second-order valence-corrected chi connectivity index (χ2v) is 5.45. The van der Waals surface area contributed by atoms with Crippen LogP contribution in [0.5, 0.6) is 0 Å². The number of esters is 1. The highest BCUT2D eigenvalue weighted by Gasteiger charge is 2.05. The Morgan fingerprint density at radius 3 is 2.10 bits per heavy atom. The van der Waals surface area contributed by atoms with Crippen LogP contribution in [-0.4, -0.2) is 25.7 Å². The first-order chi connectivity index (χ1) is 10.2. The van der Waals surface area contributed by atoms with Gasteiger partial charge in [0.1, 0.15) is 0 Å². The quantitative estimate of drug-likeness (QED) is 0.605. The van der Waals surface area contributed by atoms with Crippen LogP contribution in [0.2, 0.25) is 0 Å². The minimum Gasteiger partial charge on any atom is -0.466 e. The minimum atomic E-state index is -0.211. The van der Waals surface area contributed by atoms with E-state index < -0.39 is 0 Å². The second kappa shape index (κ2) is 10.3. The van der Waals surface area contributed by atoms with Crippen LogP contribution >= 0.6 is 0 Å². The van der Waals surface area contributed by atoms with Gasteiger partial charge in [0.05, 0.1) is 6.61 Å². The summed E-state index contributed by atoms with van der Waals surface area (Å²) in [6, 6.07) is 8.66. The molecule has 0 aliphatic heterocycles. The molecule has 0 unspecified atom stereocenters. The molecule has 0 saturated carbocycles. The molecule has 0 heterocycles. The van der Waals surface area contributed by atoms with Crippen LogP contribution in [0.15, 0.2) is 24.3 Å². The molecule has 3 heteroatoms. The number of rotatable bonds is 10. The van der Waals surface area contributed by atoms with Crippen LogP contribution in [0, 0.1) is 0 Å². The summed E-state index contributed by atoms with van der Waals surface area (Å²) in [5.41, 5.74) is 2.51. The largest absolute Gasteiger partial charge is 0.466 e. The first kappa shape index (κ1) is 17.5. The summed E-state index contributed by atoms with van der Waals surface area (Å²) >= 11 is 0. The minimum absolute atomic E-state index is 0.211. The fraction of sp³-hybridized carbons (Fsp3) is 0.611. The van der Waals surface area contributed by atoms with Gasteiger partial charge in [-0.3, -0.25) is 4.79 Å². The van der Waals surface area contributed by atoms with Crippen LogP contribution in [0.3, 0.4) is 0 Å². The smallest absolute Gasteiger partial charge is 0.302 e. The van der Waals surface area contributed by atoms with Gasteiger partial charge in [-0.2, -0.15) is 0 Å². The number of hydrogen-bond acceptors (Lipinski definition) is 3. The van der Waals surface area contributed by atoms with E-state index in [1.807, 2.05) is 0 Å². The summed E-state index contributed by atoms with van der Waals surface area (Å²) in [5.74, 6) is -0.211. The van der Waals surface area contributed by atoms with Gasteiger partial charge in [0.25, 0.3) is 0 Å². The van der Waals surface area contributed by atoms with E-state index in [9.17, 15) is 4.79 Å². The molecule has 118 valence electrons. The summed E-state index contributed by atoms with van der Waals surface area (Å²) < 4.78 is 4.98. The summed E-state index contributed by atoms with van der Waals surface area (Å²) in [5, 5.41) is 0. The Labute approximate surface area is 129 Å². The number of hydrogen-bond donors (Lipinski definition) is 0. The number of ether oxygens (including phenoxy) is 1. The van der Waals surface area contributed by atoms with E-state index in [1.54, 1.807) is 0 Å². The molecule has 21 heavy (non-hydrogen) atoms. The van der Waals surface area contributed by atoms with Gasteiger partial charge in [-0.15, -0.1) is 0 Å². The van der Waals surface area contributed by atoms with Crippen LogP contribution in [-0.2, 0) is 16.0 Å². The molecule has 0 aromatic heterocycles. The van der Waals surface area contributed by atoms with E-state index in [0.717, 1.165) is 19.5 Å². The lowest BCUT2D eigenvalue weighted by Crippen LogP contribution is -2.25. The molecule has 0 N–H and O–H groups in total. The van der Waals surface area contributed by atoms with Gasteiger partial charge < -0.3 is 9.64 Å². The van der Waals surface area contributed by atoms with Crippen LogP contribution in [0.25, 0.3) is 0 Å². The fourth-order valence-electron chi connectivity index (χ4n) is 2.25. The van der Waals surface area contributed by atoms with E-state index in [-0.39, 0.29) is 5.97 Å². The van der Waals surface area contributed by atoms with Gasteiger partial charge >= 0.3 is 5.97 Å². The third kappa shape index (κ3) is 7.16. The molecule has 0 aliphatic carbocycles. The standard InChI is InChI=1S/C18H29NO2/c1-4-6-13-19(14-7-5-2)18-10-8-17(9-11-18)12-15-21-16(3)20/h8-11H,4-7,12-15H2,1-3H3. The van der Waals surface area contributed by atoms with E-state index in [4.69, 9.17) is 4.74 Å². The van der Waals surface area contributed by atoms with E-state index in [2.05, 4.69) is 43.0 Å². The van der Waals surface area contributed by atoms with E-state index >= 15 is 0 Å². The molecule has 0 amide bonds. The lowest BCUT2D eigenvalue weighted by Gasteiger charge is -2.25. The number of anilines is 1. The molecule has 0 atom stereocenters. The van der Waals surface area contributed by atoms with Crippen molar-refractivity contribution in [3.8, 4) is 0 Å². The Morgan fingerprint density at radius 2 is 1.62 bits per heavy atom. The van der Waals surface area contributed by atoms with Crippen molar-refractivity contribution in [2.24, 2.45) is 0 Å². The summed E-state index contributed by atoms with van der Waals surface area (Å²) in [7, 11) is 0. The van der Waals surface area contributed by atoms with Gasteiger partial charge in [0.15, 0.2) is 0 Å². The molecular formula is C18H29NO2. The predicted octanol–water partition coefficient (Wildman–Crippen LogP) is 4.20. The third-order valence-corrected chi connectivity index (χ3v) is 3.56. The van der Waals surface area contributed by atoms with Crippen molar-refractivity contribution in [1.82, 2.24) is 0 Å². The Morgan fingerprint density at radius 1 is 1.05 bits per heavy atom. The molecule has 0 aliphatic rings. The van der Waals surface area contributed by atoms with Crippen molar-refractivity contribution in [1.29, 1.82) is 0 Å². The molecule has 1 aromatic rings. The maximum absolute atomic E-state index is 10.7. The van der Waals surface area contributed by atoms with Gasteiger partial charge in [-0.1, -0.05) is 38.8 Å². The fourth-order valence-corrected chi connectivity index (χ4v) is 2.25. The topological polar surface area (TPSA) is 29.5 Å². The molecule has 1 rings (SSSR count). The Balaban J connectivity index is 2.56. The molecule has 0 bridgehead atoms. The molecule has 0 fully saturated rings. The van der Waals surface area contributed by atoms with Crippen LogP contribution in [0.4, 0.5) is 5.69 Å². The lowest BCUT2D eigenvalue weighted by atomic mass is 10.1. The first-order valence-corrected chi connectivity index (χ1v) is 8.14. The van der Waals surface area contributed by atoms with Gasteiger partial charge in [0.2, 0.25) is 0 Å². The Bertz CT molecular complexity index is 392. The van der Waals surface area contributed by atoms with Crippen molar-refractivity contribution in [3.05, 3.63) is 29.8 Å². The molecule has 0 radical (unpaired) electrons. The predicted molar refractivity (Wildman–Crippen MR) is 88.8 cm³/mol. The van der Waals surface area contributed by atoms with Crippen molar-refractivity contribution in [2.75, 3.05) is 24.6 Å². The molecular weight excluding hydrogens is 262 g/mol. The van der Waals surface area contributed by atoms with E-state index in [0.29, 0.717) is 6.61 Å². The highest BCUT2D eigenvalue weighted by atomic mass is 16.5. The zero-order valence-corrected chi connectivity index (χ0v) is 13.7. The molecule has 1 aromatic carbocycles. The van der Waals surface area contributed by atoms with E-state index in [1.165, 1.54) is 43.9 Å². The Hall–Kier alpha value is -1.51. The highest BCUT2D eigenvalue weighted by molar-refractivity contribution is 5.65.